The molecular formula is C15H22ClN5O2. The van der Waals surface area contributed by atoms with Gasteiger partial charge < -0.3 is 10.6 Å². The third kappa shape index (κ3) is 3.56. The fourth-order valence-corrected chi connectivity index (χ4v) is 2.96. The van der Waals surface area contributed by atoms with Crippen molar-refractivity contribution in [3.8, 4) is 0 Å². The number of hydrogen-bond donors (Lipinski definition) is 1. The molecule has 1 aliphatic heterocycles. The van der Waals surface area contributed by atoms with Crippen LogP contribution in [0.3, 0.4) is 0 Å². The van der Waals surface area contributed by atoms with Crippen molar-refractivity contribution < 1.29 is 4.79 Å². The van der Waals surface area contributed by atoms with Gasteiger partial charge in [-0.05, 0) is 37.8 Å². The van der Waals surface area contributed by atoms with E-state index in [0.717, 1.165) is 19.4 Å². The molecule has 1 fully saturated rings. The molecule has 0 aliphatic carbocycles. The number of aromatic nitrogens is 3. The minimum Gasteiger partial charge on any atom is -0.341 e. The molecular weight excluding hydrogens is 318 g/mol. The van der Waals surface area contributed by atoms with Gasteiger partial charge in [-0.2, -0.15) is 0 Å². The molecule has 2 aromatic heterocycles. The summed E-state index contributed by atoms with van der Waals surface area (Å²) in [5.41, 5.74) is 6.21. The summed E-state index contributed by atoms with van der Waals surface area (Å²) >= 11 is 0. The summed E-state index contributed by atoms with van der Waals surface area (Å²) in [6, 6.07) is 5.40. The lowest BCUT2D eigenvalue weighted by Crippen LogP contribution is -2.46. The zero-order valence-electron chi connectivity index (χ0n) is 13.1. The monoisotopic (exact) mass is 339 g/mol. The minimum absolute atomic E-state index is 0. The Kier molecular flexibility index (Phi) is 5.43. The van der Waals surface area contributed by atoms with Crippen molar-refractivity contribution in [1.82, 2.24) is 19.1 Å². The Morgan fingerprint density at radius 3 is 2.96 bits per heavy atom. The maximum absolute atomic E-state index is 12.4. The van der Waals surface area contributed by atoms with E-state index in [9.17, 15) is 9.59 Å². The number of pyridine rings is 1. The molecule has 3 rings (SSSR count). The van der Waals surface area contributed by atoms with Crippen LogP contribution in [0.2, 0.25) is 0 Å². The number of carbonyl (C=O) groups is 1. The molecule has 1 saturated heterocycles. The van der Waals surface area contributed by atoms with Crippen LogP contribution in [0.1, 0.15) is 19.8 Å². The van der Waals surface area contributed by atoms with Crippen LogP contribution in [0.5, 0.6) is 0 Å². The Morgan fingerprint density at radius 2 is 2.26 bits per heavy atom. The van der Waals surface area contributed by atoms with E-state index in [1.54, 1.807) is 23.2 Å². The van der Waals surface area contributed by atoms with Crippen LogP contribution in [-0.2, 0) is 11.3 Å². The third-order valence-electron chi connectivity index (χ3n) is 4.33. The summed E-state index contributed by atoms with van der Waals surface area (Å²) in [5.74, 6) is 0.256. The highest BCUT2D eigenvalue weighted by Gasteiger charge is 2.26. The molecule has 0 saturated carbocycles. The van der Waals surface area contributed by atoms with Crippen molar-refractivity contribution in [3.05, 3.63) is 34.9 Å². The van der Waals surface area contributed by atoms with E-state index in [4.69, 9.17) is 5.73 Å². The van der Waals surface area contributed by atoms with E-state index < -0.39 is 0 Å². The lowest BCUT2D eigenvalue weighted by molar-refractivity contribution is -0.134. The molecule has 2 unspecified atom stereocenters. The van der Waals surface area contributed by atoms with E-state index in [0.29, 0.717) is 18.1 Å². The number of amides is 1. The summed E-state index contributed by atoms with van der Waals surface area (Å²) in [5, 5.41) is 4.20. The van der Waals surface area contributed by atoms with Gasteiger partial charge in [-0.1, -0.05) is 6.07 Å². The van der Waals surface area contributed by atoms with Gasteiger partial charge in [0.1, 0.15) is 6.54 Å². The summed E-state index contributed by atoms with van der Waals surface area (Å²) in [6.45, 7) is 3.35. The second kappa shape index (κ2) is 7.14. The van der Waals surface area contributed by atoms with Gasteiger partial charge in [0, 0.05) is 25.3 Å². The van der Waals surface area contributed by atoms with Crippen LogP contribution in [0.4, 0.5) is 0 Å². The number of carbonyl (C=O) groups excluding carboxylic acids is 1. The van der Waals surface area contributed by atoms with Gasteiger partial charge in [0.25, 0.3) is 0 Å². The van der Waals surface area contributed by atoms with Crippen molar-refractivity contribution in [2.75, 3.05) is 13.1 Å². The van der Waals surface area contributed by atoms with Gasteiger partial charge in [-0.25, -0.2) is 9.48 Å². The van der Waals surface area contributed by atoms with Gasteiger partial charge in [0.2, 0.25) is 5.91 Å². The molecule has 1 aliphatic rings. The van der Waals surface area contributed by atoms with Crippen molar-refractivity contribution in [3.63, 3.8) is 0 Å². The average Bonchev–Trinajstić information content (AvgIpc) is 2.84. The number of halogens is 1. The standard InChI is InChI=1S/C15H21N5O2.ClH/c1-11(16)12-5-4-7-18(9-12)14(21)10-20-15(22)19-8-3-2-6-13(19)17-20;/h2-3,6,8,11-12H,4-5,7,9-10,16H2,1H3;1H. The molecule has 0 bridgehead atoms. The van der Waals surface area contributed by atoms with Crippen molar-refractivity contribution >= 4 is 24.0 Å². The number of piperidine rings is 1. The van der Waals surface area contributed by atoms with Gasteiger partial charge in [0.15, 0.2) is 5.65 Å². The zero-order valence-corrected chi connectivity index (χ0v) is 13.9. The second-order valence-corrected chi connectivity index (χ2v) is 5.97. The molecule has 2 atom stereocenters. The fraction of sp³-hybridized carbons (Fsp3) is 0.533. The predicted molar refractivity (Wildman–Crippen MR) is 89.7 cm³/mol. The maximum atomic E-state index is 12.4. The van der Waals surface area contributed by atoms with Crippen LogP contribution in [0.25, 0.3) is 5.65 Å². The van der Waals surface area contributed by atoms with Crippen molar-refractivity contribution in [2.45, 2.75) is 32.4 Å². The summed E-state index contributed by atoms with van der Waals surface area (Å²) in [4.78, 5) is 26.4. The molecule has 126 valence electrons. The Balaban J connectivity index is 0.00000192. The Morgan fingerprint density at radius 1 is 1.48 bits per heavy atom. The van der Waals surface area contributed by atoms with E-state index in [-0.39, 0.29) is 36.6 Å². The number of nitrogens with zero attached hydrogens (tertiary/aromatic N) is 4. The molecule has 2 N–H and O–H groups in total. The number of hydrogen-bond acceptors (Lipinski definition) is 4. The first-order chi connectivity index (χ1) is 10.6. The Hall–Kier alpha value is -1.86. The zero-order chi connectivity index (χ0) is 15.7. The molecule has 0 spiro atoms. The average molecular weight is 340 g/mol. The fourth-order valence-electron chi connectivity index (χ4n) is 2.96. The first-order valence-corrected chi connectivity index (χ1v) is 7.64. The maximum Gasteiger partial charge on any atom is 0.350 e. The Bertz CT molecular complexity index is 739. The van der Waals surface area contributed by atoms with Crippen LogP contribution in [0.15, 0.2) is 29.2 Å². The lowest BCUT2D eigenvalue weighted by atomic mass is 9.92. The van der Waals surface area contributed by atoms with Crippen LogP contribution in [0, 0.1) is 5.92 Å². The summed E-state index contributed by atoms with van der Waals surface area (Å²) < 4.78 is 2.67. The highest BCUT2D eigenvalue weighted by atomic mass is 35.5. The largest absolute Gasteiger partial charge is 0.350 e. The molecule has 7 nitrogen and oxygen atoms in total. The van der Waals surface area contributed by atoms with E-state index in [1.807, 2.05) is 13.0 Å². The van der Waals surface area contributed by atoms with Crippen molar-refractivity contribution in [2.24, 2.45) is 11.7 Å². The normalized spacial score (nSPS) is 19.4. The summed E-state index contributed by atoms with van der Waals surface area (Å²) in [7, 11) is 0. The van der Waals surface area contributed by atoms with Crippen LogP contribution >= 0.6 is 12.4 Å². The number of likely N-dealkylation sites (tertiary alicyclic amines) is 1. The lowest BCUT2D eigenvalue weighted by Gasteiger charge is -2.34. The minimum atomic E-state index is -0.287. The first kappa shape index (κ1) is 17.5. The van der Waals surface area contributed by atoms with E-state index in [1.165, 1.54) is 9.08 Å². The summed E-state index contributed by atoms with van der Waals surface area (Å²) in [6.07, 6.45) is 3.66. The van der Waals surface area contributed by atoms with Crippen LogP contribution in [-0.4, -0.2) is 44.1 Å². The first-order valence-electron chi connectivity index (χ1n) is 7.64. The van der Waals surface area contributed by atoms with Crippen molar-refractivity contribution in [1.29, 1.82) is 0 Å². The Labute approximate surface area is 140 Å². The molecule has 0 radical (unpaired) electrons. The van der Waals surface area contributed by atoms with Gasteiger partial charge in [-0.3, -0.25) is 9.20 Å². The predicted octanol–water partition coefficient (Wildman–Crippen LogP) is 0.504. The third-order valence-corrected chi connectivity index (χ3v) is 4.33. The highest BCUT2D eigenvalue weighted by Crippen LogP contribution is 2.18. The molecule has 3 heterocycles. The highest BCUT2D eigenvalue weighted by molar-refractivity contribution is 5.85. The molecule has 8 heteroatoms. The van der Waals surface area contributed by atoms with Crippen LogP contribution < -0.4 is 11.4 Å². The van der Waals surface area contributed by atoms with E-state index in [2.05, 4.69) is 5.10 Å². The van der Waals surface area contributed by atoms with Gasteiger partial charge in [-0.15, -0.1) is 17.5 Å². The smallest absolute Gasteiger partial charge is 0.341 e. The van der Waals surface area contributed by atoms with Gasteiger partial charge in [0.05, 0.1) is 0 Å². The second-order valence-electron chi connectivity index (χ2n) is 5.97. The number of fused-ring (bicyclic) bond motifs is 1. The quantitative estimate of drug-likeness (QED) is 0.882. The number of rotatable bonds is 3. The topological polar surface area (TPSA) is 85.6 Å². The molecule has 23 heavy (non-hydrogen) atoms. The van der Waals surface area contributed by atoms with E-state index >= 15 is 0 Å². The van der Waals surface area contributed by atoms with Gasteiger partial charge >= 0.3 is 5.69 Å². The number of nitrogens with two attached hydrogens (primary N) is 1. The molecule has 2 aromatic rings. The SMILES string of the molecule is CC(N)C1CCCN(C(=O)Cn2nc3ccccn3c2=O)C1.Cl. The molecule has 1 amide bonds. The molecule has 0 aromatic carbocycles.